The normalized spacial score (nSPS) is 12.8. The van der Waals surface area contributed by atoms with Crippen molar-refractivity contribution >= 4 is 5.95 Å². The van der Waals surface area contributed by atoms with Crippen molar-refractivity contribution in [3.05, 3.63) is 18.0 Å². The molecule has 0 aliphatic rings. The number of hydrogen-bond acceptors (Lipinski definition) is 4. The number of rotatable bonds is 6. The summed E-state index contributed by atoms with van der Waals surface area (Å²) in [6, 6.07) is 2.48. The lowest BCUT2D eigenvalue weighted by molar-refractivity contribution is 0.402. The zero-order valence-corrected chi connectivity index (χ0v) is 11.6. The molecule has 17 heavy (non-hydrogen) atoms. The molecule has 0 radical (unpaired) electrons. The summed E-state index contributed by atoms with van der Waals surface area (Å²) in [6.45, 7) is 7.61. The van der Waals surface area contributed by atoms with Gasteiger partial charge in [-0.2, -0.15) is 0 Å². The Labute approximate surface area is 104 Å². The molecule has 0 spiro atoms. The van der Waals surface area contributed by atoms with Crippen LogP contribution >= 0.6 is 0 Å². The van der Waals surface area contributed by atoms with E-state index in [-0.39, 0.29) is 0 Å². The molecule has 0 saturated heterocycles. The zero-order chi connectivity index (χ0) is 12.8. The third-order valence-electron chi connectivity index (χ3n) is 2.80. The molecule has 0 aromatic carbocycles. The summed E-state index contributed by atoms with van der Waals surface area (Å²) in [4.78, 5) is 10.7. The summed E-state index contributed by atoms with van der Waals surface area (Å²) in [7, 11) is 3.92. The first-order chi connectivity index (χ1) is 8.04. The van der Waals surface area contributed by atoms with Crippen molar-refractivity contribution < 1.29 is 0 Å². The first-order valence-electron chi connectivity index (χ1n) is 6.27. The van der Waals surface area contributed by atoms with Gasteiger partial charge in [0.1, 0.15) is 0 Å². The van der Waals surface area contributed by atoms with E-state index in [1.807, 2.05) is 31.3 Å². The van der Waals surface area contributed by atoms with E-state index >= 15 is 0 Å². The predicted octanol–water partition coefficient (Wildman–Crippen LogP) is 1.72. The highest BCUT2D eigenvalue weighted by molar-refractivity contribution is 5.27. The standard InChI is InChI=1S/C13H24N4/c1-6-14-12(10(2)3)9-11-7-8-15-13(16-11)17(4)5/h7-8,10,12,14H,6,9H2,1-5H3. The van der Waals surface area contributed by atoms with Crippen molar-refractivity contribution in [2.75, 3.05) is 25.5 Å². The number of anilines is 1. The summed E-state index contributed by atoms with van der Waals surface area (Å²) in [5, 5.41) is 3.51. The quantitative estimate of drug-likeness (QED) is 0.816. The smallest absolute Gasteiger partial charge is 0.224 e. The van der Waals surface area contributed by atoms with E-state index in [2.05, 4.69) is 36.1 Å². The van der Waals surface area contributed by atoms with Gasteiger partial charge in [0.15, 0.2) is 0 Å². The second-order valence-electron chi connectivity index (χ2n) is 4.85. The molecular weight excluding hydrogens is 212 g/mol. The van der Waals surface area contributed by atoms with Gasteiger partial charge in [-0.25, -0.2) is 9.97 Å². The van der Waals surface area contributed by atoms with Gasteiger partial charge in [-0.3, -0.25) is 0 Å². The van der Waals surface area contributed by atoms with Crippen LogP contribution in [0.25, 0.3) is 0 Å². The molecular formula is C13H24N4. The molecule has 1 aromatic rings. The highest BCUT2D eigenvalue weighted by Crippen LogP contribution is 2.10. The van der Waals surface area contributed by atoms with E-state index in [0.717, 1.165) is 24.6 Å². The van der Waals surface area contributed by atoms with Gasteiger partial charge in [-0.15, -0.1) is 0 Å². The van der Waals surface area contributed by atoms with Crippen LogP contribution in [0.15, 0.2) is 12.3 Å². The molecule has 1 atom stereocenters. The van der Waals surface area contributed by atoms with E-state index < -0.39 is 0 Å². The van der Waals surface area contributed by atoms with Gasteiger partial charge in [-0.05, 0) is 18.5 Å². The third-order valence-corrected chi connectivity index (χ3v) is 2.80. The van der Waals surface area contributed by atoms with Crippen LogP contribution in [0.1, 0.15) is 26.5 Å². The Balaban J connectivity index is 2.75. The molecule has 0 amide bonds. The van der Waals surface area contributed by atoms with E-state index in [0.29, 0.717) is 12.0 Å². The van der Waals surface area contributed by atoms with E-state index in [4.69, 9.17) is 0 Å². The minimum Gasteiger partial charge on any atom is -0.347 e. The van der Waals surface area contributed by atoms with Crippen molar-refractivity contribution in [2.24, 2.45) is 5.92 Å². The summed E-state index contributed by atoms with van der Waals surface area (Å²) < 4.78 is 0. The Bertz CT molecular complexity index is 336. The lowest BCUT2D eigenvalue weighted by Gasteiger charge is -2.21. The fourth-order valence-corrected chi connectivity index (χ4v) is 1.74. The van der Waals surface area contributed by atoms with Crippen molar-refractivity contribution in [3.8, 4) is 0 Å². The van der Waals surface area contributed by atoms with Crippen molar-refractivity contribution in [3.63, 3.8) is 0 Å². The monoisotopic (exact) mass is 236 g/mol. The van der Waals surface area contributed by atoms with Crippen molar-refractivity contribution in [1.82, 2.24) is 15.3 Å². The van der Waals surface area contributed by atoms with Crippen LogP contribution in [-0.4, -0.2) is 36.6 Å². The first-order valence-corrected chi connectivity index (χ1v) is 6.27. The van der Waals surface area contributed by atoms with Crippen LogP contribution < -0.4 is 10.2 Å². The van der Waals surface area contributed by atoms with E-state index in [1.54, 1.807) is 0 Å². The SMILES string of the molecule is CCNC(Cc1ccnc(N(C)C)n1)C(C)C. The first kappa shape index (κ1) is 13.9. The zero-order valence-electron chi connectivity index (χ0n) is 11.6. The lowest BCUT2D eigenvalue weighted by atomic mass is 9.99. The maximum Gasteiger partial charge on any atom is 0.224 e. The van der Waals surface area contributed by atoms with Crippen molar-refractivity contribution in [2.45, 2.75) is 33.2 Å². The molecule has 0 bridgehead atoms. The molecule has 0 aliphatic heterocycles. The average Bonchev–Trinajstić information content (AvgIpc) is 2.28. The summed E-state index contributed by atoms with van der Waals surface area (Å²) >= 11 is 0. The summed E-state index contributed by atoms with van der Waals surface area (Å²) in [6.07, 6.45) is 2.79. The highest BCUT2D eigenvalue weighted by atomic mass is 15.2. The number of nitrogens with zero attached hydrogens (tertiary/aromatic N) is 3. The maximum atomic E-state index is 4.55. The molecule has 4 nitrogen and oxygen atoms in total. The molecule has 0 fully saturated rings. The average molecular weight is 236 g/mol. The minimum atomic E-state index is 0.477. The van der Waals surface area contributed by atoms with Crippen LogP contribution in [0.5, 0.6) is 0 Å². The molecule has 0 aliphatic carbocycles. The van der Waals surface area contributed by atoms with Gasteiger partial charge in [0, 0.05) is 38.4 Å². The Morgan fingerprint density at radius 1 is 1.35 bits per heavy atom. The molecule has 1 aromatic heterocycles. The van der Waals surface area contributed by atoms with E-state index in [9.17, 15) is 0 Å². The van der Waals surface area contributed by atoms with Crippen molar-refractivity contribution in [1.29, 1.82) is 0 Å². The Hall–Kier alpha value is -1.16. The minimum absolute atomic E-state index is 0.477. The van der Waals surface area contributed by atoms with Gasteiger partial charge >= 0.3 is 0 Å². The summed E-state index contributed by atoms with van der Waals surface area (Å²) in [5.41, 5.74) is 1.10. The van der Waals surface area contributed by atoms with Crippen LogP contribution in [0, 0.1) is 5.92 Å². The van der Waals surface area contributed by atoms with Gasteiger partial charge in [0.25, 0.3) is 0 Å². The van der Waals surface area contributed by atoms with Crippen LogP contribution in [-0.2, 0) is 6.42 Å². The molecule has 0 saturated carbocycles. The molecule has 1 heterocycles. The van der Waals surface area contributed by atoms with Crippen LogP contribution in [0.2, 0.25) is 0 Å². The Morgan fingerprint density at radius 2 is 2.06 bits per heavy atom. The fraction of sp³-hybridized carbons (Fsp3) is 0.692. The molecule has 96 valence electrons. The second-order valence-corrected chi connectivity index (χ2v) is 4.85. The fourth-order valence-electron chi connectivity index (χ4n) is 1.74. The topological polar surface area (TPSA) is 41.1 Å². The molecule has 1 rings (SSSR count). The number of likely N-dealkylation sites (N-methyl/N-ethyl adjacent to an activating group) is 1. The lowest BCUT2D eigenvalue weighted by Crippen LogP contribution is -2.35. The maximum absolute atomic E-state index is 4.55. The van der Waals surface area contributed by atoms with Crippen LogP contribution in [0.3, 0.4) is 0 Å². The Morgan fingerprint density at radius 3 is 2.59 bits per heavy atom. The molecule has 1 N–H and O–H groups in total. The second kappa shape index (κ2) is 6.55. The third kappa shape index (κ3) is 4.30. The van der Waals surface area contributed by atoms with Crippen LogP contribution in [0.4, 0.5) is 5.95 Å². The Kier molecular flexibility index (Phi) is 5.35. The molecule has 4 heteroatoms. The number of hydrogen-bond donors (Lipinski definition) is 1. The molecule has 1 unspecified atom stereocenters. The predicted molar refractivity (Wildman–Crippen MR) is 72.4 cm³/mol. The largest absolute Gasteiger partial charge is 0.347 e. The van der Waals surface area contributed by atoms with Gasteiger partial charge in [-0.1, -0.05) is 20.8 Å². The number of aromatic nitrogens is 2. The van der Waals surface area contributed by atoms with Gasteiger partial charge < -0.3 is 10.2 Å². The van der Waals surface area contributed by atoms with Gasteiger partial charge in [0.05, 0.1) is 0 Å². The van der Waals surface area contributed by atoms with E-state index in [1.165, 1.54) is 0 Å². The highest BCUT2D eigenvalue weighted by Gasteiger charge is 2.14. The van der Waals surface area contributed by atoms with Gasteiger partial charge in [0.2, 0.25) is 5.95 Å². The number of nitrogens with one attached hydrogen (secondary N) is 1. The summed E-state index contributed by atoms with van der Waals surface area (Å²) in [5.74, 6) is 1.38.